The second-order valence-electron chi connectivity index (χ2n) is 6.01. The van der Waals surface area contributed by atoms with Crippen molar-refractivity contribution in [2.75, 3.05) is 6.61 Å². The average molecular weight is 286 g/mol. The average Bonchev–Trinajstić information content (AvgIpc) is 3.15. The maximum Gasteiger partial charge on any atom is 0.232 e. The molecule has 112 valence electrons. The first kappa shape index (κ1) is 14.3. The number of aromatic nitrogens is 2. The van der Waals surface area contributed by atoms with Crippen LogP contribution in [0.4, 0.5) is 0 Å². The van der Waals surface area contributed by atoms with Crippen LogP contribution in [0, 0.1) is 5.92 Å². The summed E-state index contributed by atoms with van der Waals surface area (Å²) in [5.41, 5.74) is 1.30. The Kier molecular flexibility index (Phi) is 4.34. The molecule has 4 nitrogen and oxygen atoms in total. The van der Waals surface area contributed by atoms with E-state index in [2.05, 4.69) is 48.3 Å². The molecule has 0 saturated carbocycles. The Morgan fingerprint density at radius 1 is 1.19 bits per heavy atom. The molecule has 0 aliphatic carbocycles. The minimum absolute atomic E-state index is 0.201. The third-order valence-corrected chi connectivity index (χ3v) is 4.07. The summed E-state index contributed by atoms with van der Waals surface area (Å²) in [6, 6.07) is 10.4. The molecular formula is C17H22N2O2. The molecule has 21 heavy (non-hydrogen) atoms. The van der Waals surface area contributed by atoms with Crippen LogP contribution in [-0.4, -0.2) is 22.9 Å². The first-order chi connectivity index (χ1) is 10.2. The fraction of sp³-hybridized carbons (Fsp3) is 0.529. The van der Waals surface area contributed by atoms with E-state index in [0.29, 0.717) is 5.92 Å². The summed E-state index contributed by atoms with van der Waals surface area (Å²) in [7, 11) is 0. The van der Waals surface area contributed by atoms with Crippen molar-refractivity contribution in [3.05, 3.63) is 47.6 Å². The molecule has 1 aliphatic heterocycles. The van der Waals surface area contributed by atoms with E-state index in [9.17, 15) is 0 Å². The van der Waals surface area contributed by atoms with Gasteiger partial charge in [-0.15, -0.1) is 0 Å². The smallest absolute Gasteiger partial charge is 0.232 e. The van der Waals surface area contributed by atoms with Gasteiger partial charge < -0.3 is 9.26 Å². The van der Waals surface area contributed by atoms with E-state index in [1.807, 2.05) is 6.07 Å². The first-order valence-corrected chi connectivity index (χ1v) is 7.72. The second kappa shape index (κ2) is 6.39. The van der Waals surface area contributed by atoms with Gasteiger partial charge in [-0.1, -0.05) is 49.3 Å². The molecule has 2 atom stereocenters. The fourth-order valence-electron chi connectivity index (χ4n) is 2.95. The van der Waals surface area contributed by atoms with E-state index >= 15 is 0 Å². The van der Waals surface area contributed by atoms with Gasteiger partial charge in [0.15, 0.2) is 5.82 Å². The minimum Gasteiger partial charge on any atom is -0.377 e. The van der Waals surface area contributed by atoms with E-state index in [4.69, 9.17) is 9.26 Å². The molecule has 0 spiro atoms. The maximum absolute atomic E-state index is 5.79. The zero-order valence-electron chi connectivity index (χ0n) is 12.7. The summed E-state index contributed by atoms with van der Waals surface area (Å²) < 4.78 is 11.3. The van der Waals surface area contributed by atoms with Gasteiger partial charge in [-0.3, -0.25) is 0 Å². The number of ether oxygens (including phenoxy) is 1. The lowest BCUT2D eigenvalue weighted by atomic mass is 9.93. The molecule has 1 aromatic heterocycles. The number of nitrogens with zero attached hydrogens (tertiary/aromatic N) is 2. The topological polar surface area (TPSA) is 48.2 Å². The third-order valence-electron chi connectivity index (χ3n) is 4.07. The Labute approximate surface area is 125 Å². The minimum atomic E-state index is 0.201. The van der Waals surface area contributed by atoms with Crippen molar-refractivity contribution < 1.29 is 9.26 Å². The van der Waals surface area contributed by atoms with E-state index in [0.717, 1.165) is 37.6 Å². The van der Waals surface area contributed by atoms with Crippen LogP contribution in [0.5, 0.6) is 0 Å². The van der Waals surface area contributed by atoms with Gasteiger partial charge in [0.25, 0.3) is 0 Å². The molecule has 1 aliphatic rings. The molecule has 1 aromatic carbocycles. The standard InChI is InChI=1S/C17H22N2O2/c1-12(2)16-14(10-11-20-16)17-18-15(19-21-17)9-8-13-6-4-3-5-7-13/h3-7,12,14,16H,8-11H2,1-2H3/t14-,16+/m0/s1. The number of hydrogen-bond acceptors (Lipinski definition) is 4. The predicted molar refractivity (Wildman–Crippen MR) is 80.1 cm³/mol. The second-order valence-corrected chi connectivity index (χ2v) is 6.01. The normalized spacial score (nSPS) is 22.0. The highest BCUT2D eigenvalue weighted by Crippen LogP contribution is 2.34. The lowest BCUT2D eigenvalue weighted by molar-refractivity contribution is 0.0627. The quantitative estimate of drug-likeness (QED) is 0.845. The summed E-state index contributed by atoms with van der Waals surface area (Å²) in [5, 5.41) is 4.13. The molecule has 2 aromatic rings. The summed E-state index contributed by atoms with van der Waals surface area (Å²) in [6.45, 7) is 5.14. The molecule has 0 N–H and O–H groups in total. The largest absolute Gasteiger partial charge is 0.377 e. The van der Waals surface area contributed by atoms with Crippen molar-refractivity contribution in [3.8, 4) is 0 Å². The fourth-order valence-corrected chi connectivity index (χ4v) is 2.95. The molecule has 0 bridgehead atoms. The SMILES string of the molecule is CC(C)[C@H]1OCC[C@@H]1c1nc(CCc2ccccc2)no1. The molecule has 1 fully saturated rings. The van der Waals surface area contributed by atoms with Crippen molar-refractivity contribution in [2.24, 2.45) is 5.92 Å². The summed E-state index contributed by atoms with van der Waals surface area (Å²) in [6.07, 6.45) is 2.93. The van der Waals surface area contributed by atoms with E-state index < -0.39 is 0 Å². The van der Waals surface area contributed by atoms with Crippen LogP contribution in [0.2, 0.25) is 0 Å². The lowest BCUT2D eigenvalue weighted by Gasteiger charge is -2.18. The zero-order chi connectivity index (χ0) is 14.7. The summed E-state index contributed by atoms with van der Waals surface area (Å²) in [5.74, 6) is 2.26. The molecule has 0 unspecified atom stereocenters. The molecule has 0 radical (unpaired) electrons. The number of rotatable bonds is 5. The number of hydrogen-bond donors (Lipinski definition) is 0. The van der Waals surface area contributed by atoms with Gasteiger partial charge in [0.2, 0.25) is 5.89 Å². The van der Waals surface area contributed by atoms with Gasteiger partial charge in [-0.05, 0) is 24.3 Å². The van der Waals surface area contributed by atoms with Crippen LogP contribution in [0.25, 0.3) is 0 Å². The van der Waals surface area contributed by atoms with Crippen molar-refractivity contribution in [2.45, 2.75) is 45.1 Å². The van der Waals surface area contributed by atoms with Gasteiger partial charge in [-0.25, -0.2) is 0 Å². The highest BCUT2D eigenvalue weighted by Gasteiger charge is 2.35. The van der Waals surface area contributed by atoms with Crippen LogP contribution in [0.3, 0.4) is 0 Å². The van der Waals surface area contributed by atoms with Gasteiger partial charge >= 0.3 is 0 Å². The molecule has 2 heterocycles. The van der Waals surface area contributed by atoms with Crippen LogP contribution in [0.1, 0.15) is 43.5 Å². The summed E-state index contributed by atoms with van der Waals surface area (Å²) in [4.78, 5) is 4.58. The number of aryl methyl sites for hydroxylation is 2. The van der Waals surface area contributed by atoms with Gasteiger partial charge in [0.1, 0.15) is 0 Å². The Morgan fingerprint density at radius 3 is 2.76 bits per heavy atom. The van der Waals surface area contributed by atoms with E-state index in [-0.39, 0.29) is 12.0 Å². The van der Waals surface area contributed by atoms with Crippen molar-refractivity contribution in [1.82, 2.24) is 10.1 Å². The highest BCUT2D eigenvalue weighted by atomic mass is 16.5. The Hall–Kier alpha value is -1.68. The molecule has 4 heteroatoms. The predicted octanol–water partition coefficient (Wildman–Crippen LogP) is 3.38. The van der Waals surface area contributed by atoms with Crippen molar-refractivity contribution in [3.63, 3.8) is 0 Å². The molecule has 3 rings (SSSR count). The number of benzene rings is 1. The lowest BCUT2D eigenvalue weighted by Crippen LogP contribution is -2.21. The monoisotopic (exact) mass is 286 g/mol. The first-order valence-electron chi connectivity index (χ1n) is 7.72. The van der Waals surface area contributed by atoms with Gasteiger partial charge in [0.05, 0.1) is 12.0 Å². The van der Waals surface area contributed by atoms with Crippen LogP contribution >= 0.6 is 0 Å². The molecule has 1 saturated heterocycles. The Morgan fingerprint density at radius 2 is 2.00 bits per heavy atom. The van der Waals surface area contributed by atoms with E-state index in [1.54, 1.807) is 0 Å². The highest BCUT2D eigenvalue weighted by molar-refractivity contribution is 5.15. The third kappa shape index (κ3) is 3.32. The van der Waals surface area contributed by atoms with Crippen LogP contribution in [-0.2, 0) is 17.6 Å². The Balaban J connectivity index is 1.63. The van der Waals surface area contributed by atoms with Crippen LogP contribution in [0.15, 0.2) is 34.9 Å². The van der Waals surface area contributed by atoms with E-state index in [1.165, 1.54) is 5.56 Å². The Bertz CT molecular complexity index is 565. The molecular weight excluding hydrogens is 264 g/mol. The van der Waals surface area contributed by atoms with Crippen molar-refractivity contribution >= 4 is 0 Å². The zero-order valence-corrected chi connectivity index (χ0v) is 12.7. The van der Waals surface area contributed by atoms with Crippen molar-refractivity contribution in [1.29, 1.82) is 0 Å². The van der Waals surface area contributed by atoms with Gasteiger partial charge in [0, 0.05) is 13.0 Å². The van der Waals surface area contributed by atoms with Gasteiger partial charge in [-0.2, -0.15) is 4.98 Å². The summed E-state index contributed by atoms with van der Waals surface area (Å²) >= 11 is 0. The molecule has 0 amide bonds. The maximum atomic E-state index is 5.79. The van der Waals surface area contributed by atoms with Crippen LogP contribution < -0.4 is 0 Å².